The lowest BCUT2D eigenvalue weighted by Gasteiger charge is -2.36. The van der Waals surface area contributed by atoms with Crippen molar-refractivity contribution >= 4 is 11.9 Å². The summed E-state index contributed by atoms with van der Waals surface area (Å²) in [7, 11) is 0. The van der Waals surface area contributed by atoms with Crippen molar-refractivity contribution in [3.8, 4) is 0 Å². The van der Waals surface area contributed by atoms with Crippen molar-refractivity contribution in [1.82, 2.24) is 0 Å². The maximum Gasteiger partial charge on any atom is 0.339 e. The molecule has 0 unspecified atom stereocenters. The van der Waals surface area contributed by atoms with Gasteiger partial charge in [0, 0.05) is 0 Å². The van der Waals surface area contributed by atoms with Crippen LogP contribution in [0, 0.1) is 0 Å². The monoisotopic (exact) mass is 1010 g/mol. The topological polar surface area (TPSA) is 52.6 Å². The van der Waals surface area contributed by atoms with Gasteiger partial charge in [0.1, 0.15) is 11.2 Å². The Kier molecular flexibility index (Phi) is 47.3. The van der Waals surface area contributed by atoms with Gasteiger partial charge >= 0.3 is 11.9 Å². The van der Waals surface area contributed by atoms with Gasteiger partial charge in [-0.15, -0.1) is 0 Å². The first-order valence-corrected chi connectivity index (χ1v) is 32.9. The molecule has 0 saturated heterocycles. The van der Waals surface area contributed by atoms with Crippen LogP contribution in [-0.4, -0.2) is 23.1 Å². The molecule has 0 radical (unpaired) electrons. The average Bonchev–Trinajstić information content (AvgIpc) is 3.38. The normalized spacial score (nSPS) is 12.0. The van der Waals surface area contributed by atoms with E-state index in [1.807, 2.05) is 24.3 Å². The molecular weight excluding hydrogens is 881 g/mol. The van der Waals surface area contributed by atoms with Crippen LogP contribution in [0.4, 0.5) is 0 Å². The van der Waals surface area contributed by atoms with Gasteiger partial charge in [0.15, 0.2) is 0 Å². The first-order valence-electron chi connectivity index (χ1n) is 32.9. The number of carbonyl (C=O) groups excluding carboxylic acids is 2. The third kappa shape index (κ3) is 37.0. The molecule has 0 fully saturated rings. The quantitative estimate of drug-likeness (QED) is 0.0482. The zero-order valence-corrected chi connectivity index (χ0v) is 49.7. The second-order valence-electron chi connectivity index (χ2n) is 23.3. The third-order valence-corrected chi connectivity index (χ3v) is 16.4. The van der Waals surface area contributed by atoms with Crippen LogP contribution in [0.15, 0.2) is 24.3 Å². The molecule has 0 amide bonds. The number of unbranched alkanes of at least 4 members (excludes halogenated alkanes) is 40. The van der Waals surface area contributed by atoms with Gasteiger partial charge in [0.05, 0.1) is 11.1 Å². The number of carbonyl (C=O) groups is 2. The van der Waals surface area contributed by atoms with Crippen LogP contribution in [0.3, 0.4) is 0 Å². The van der Waals surface area contributed by atoms with Crippen LogP contribution in [-0.2, 0) is 9.47 Å². The van der Waals surface area contributed by atoms with Gasteiger partial charge in [-0.3, -0.25) is 0 Å². The van der Waals surface area contributed by atoms with E-state index < -0.39 is 11.2 Å². The molecule has 422 valence electrons. The van der Waals surface area contributed by atoms with E-state index in [2.05, 4.69) is 41.5 Å². The van der Waals surface area contributed by atoms with Crippen LogP contribution in [0.1, 0.15) is 396 Å². The summed E-state index contributed by atoms with van der Waals surface area (Å²) in [5.41, 5.74) is -0.198. The van der Waals surface area contributed by atoms with E-state index in [0.29, 0.717) is 11.1 Å². The van der Waals surface area contributed by atoms with Crippen LogP contribution in [0.2, 0.25) is 0 Å². The number of rotatable bonds is 56. The SMILES string of the molecule is CCCCCCCCCCC(CCCCCCCCC)(CCCCCCCCCC)OC(=O)c1ccccc1C(=O)OC(CCCCCCCCC)(CCCCCCCCCC)CCCCCCCCCC. The lowest BCUT2D eigenvalue weighted by molar-refractivity contribution is -0.0400. The van der Waals surface area contributed by atoms with Crippen molar-refractivity contribution in [2.75, 3.05) is 0 Å². The predicted molar refractivity (Wildman–Crippen MR) is 317 cm³/mol. The summed E-state index contributed by atoms with van der Waals surface area (Å²) >= 11 is 0. The molecule has 0 aliphatic carbocycles. The van der Waals surface area contributed by atoms with Gasteiger partial charge in [-0.1, -0.05) is 311 Å². The fourth-order valence-corrected chi connectivity index (χ4v) is 11.5. The highest BCUT2D eigenvalue weighted by Gasteiger charge is 2.37. The van der Waals surface area contributed by atoms with Gasteiger partial charge in [-0.2, -0.15) is 0 Å². The Morgan fingerprint density at radius 1 is 0.264 bits per heavy atom. The molecule has 1 rings (SSSR count). The van der Waals surface area contributed by atoms with E-state index >= 15 is 0 Å². The Morgan fingerprint density at radius 2 is 0.417 bits per heavy atom. The summed E-state index contributed by atoms with van der Waals surface area (Å²) in [6.45, 7) is 13.8. The number of ether oxygens (including phenoxy) is 2. The fourth-order valence-electron chi connectivity index (χ4n) is 11.5. The third-order valence-electron chi connectivity index (χ3n) is 16.4. The maximum atomic E-state index is 15.0. The van der Waals surface area contributed by atoms with Crippen LogP contribution in [0.5, 0.6) is 0 Å². The Balaban J connectivity index is 3.52. The fraction of sp³-hybridized carbons (Fsp3) is 0.882. The van der Waals surface area contributed by atoms with Crippen molar-refractivity contribution in [2.24, 2.45) is 0 Å². The molecule has 0 bridgehead atoms. The summed E-state index contributed by atoms with van der Waals surface area (Å²) in [6.07, 6.45) is 63.6. The molecule has 0 N–H and O–H groups in total. The van der Waals surface area contributed by atoms with Gasteiger partial charge in [-0.05, 0) is 89.2 Å². The van der Waals surface area contributed by atoms with Crippen LogP contribution < -0.4 is 0 Å². The van der Waals surface area contributed by atoms with Crippen molar-refractivity contribution in [3.05, 3.63) is 35.4 Å². The minimum absolute atomic E-state index is 0.312. The number of benzene rings is 1. The van der Waals surface area contributed by atoms with E-state index in [0.717, 1.165) is 77.0 Å². The minimum atomic E-state index is -0.504. The molecule has 0 spiro atoms. The predicted octanol–water partition coefficient (Wildman–Crippen LogP) is 23.9. The Bertz CT molecular complexity index is 1180. The van der Waals surface area contributed by atoms with Crippen LogP contribution in [0.25, 0.3) is 0 Å². The Labute approximate surface area is 451 Å². The molecule has 0 atom stereocenters. The Hall–Kier alpha value is -1.84. The van der Waals surface area contributed by atoms with E-state index in [1.165, 1.54) is 257 Å². The number of hydrogen-bond acceptors (Lipinski definition) is 4. The summed E-state index contributed by atoms with van der Waals surface area (Å²) in [6, 6.07) is 7.57. The maximum absolute atomic E-state index is 15.0. The number of hydrogen-bond donors (Lipinski definition) is 0. The van der Waals surface area contributed by atoms with Gasteiger partial charge in [0.2, 0.25) is 0 Å². The molecule has 72 heavy (non-hydrogen) atoms. The molecule has 0 heterocycles. The first kappa shape index (κ1) is 68.2. The molecule has 1 aromatic carbocycles. The van der Waals surface area contributed by atoms with Gasteiger partial charge in [-0.25, -0.2) is 9.59 Å². The molecule has 4 nitrogen and oxygen atoms in total. The minimum Gasteiger partial charge on any atom is -0.455 e. The number of esters is 2. The second-order valence-corrected chi connectivity index (χ2v) is 23.3. The van der Waals surface area contributed by atoms with E-state index in [1.54, 1.807) is 0 Å². The molecule has 0 saturated carbocycles. The summed E-state index contributed by atoms with van der Waals surface area (Å²) in [5, 5.41) is 0. The Morgan fingerprint density at radius 3 is 0.583 bits per heavy atom. The molecule has 0 aromatic heterocycles. The van der Waals surface area contributed by atoms with E-state index in [-0.39, 0.29) is 11.9 Å². The summed E-state index contributed by atoms with van der Waals surface area (Å²) in [5.74, 6) is -0.623. The second kappa shape index (κ2) is 50.0. The lowest BCUT2D eigenvalue weighted by atomic mass is 9.84. The average molecular weight is 1010 g/mol. The van der Waals surface area contributed by atoms with Crippen molar-refractivity contribution in [2.45, 2.75) is 387 Å². The highest BCUT2D eigenvalue weighted by molar-refractivity contribution is 6.03. The summed E-state index contributed by atoms with van der Waals surface area (Å²) < 4.78 is 14.1. The van der Waals surface area contributed by atoms with E-state index in [9.17, 15) is 9.59 Å². The first-order chi connectivity index (χ1) is 35.4. The van der Waals surface area contributed by atoms with Crippen molar-refractivity contribution in [3.63, 3.8) is 0 Å². The smallest absolute Gasteiger partial charge is 0.339 e. The van der Waals surface area contributed by atoms with E-state index in [4.69, 9.17) is 9.47 Å². The highest BCUT2D eigenvalue weighted by Crippen LogP contribution is 2.37. The van der Waals surface area contributed by atoms with Gasteiger partial charge < -0.3 is 9.47 Å². The molecule has 0 aliphatic heterocycles. The zero-order chi connectivity index (χ0) is 52.3. The highest BCUT2D eigenvalue weighted by atomic mass is 16.6. The molecule has 0 aliphatic rings. The standard InChI is InChI=1S/C68H126O4/c1-7-13-19-25-31-37-43-51-59-67(57-49-41-35-29-23-17-11-5,60-52-44-38-32-26-20-14-8-2)71-65(69)63-55-47-48-56-64(63)66(70)72-68(58-50-42-36-30-24-18-12-6,61-53-45-39-33-27-21-15-9-3)62-54-46-40-34-28-22-16-10-4/h47-48,55-56H,7-46,49-54,57-62H2,1-6H3. The summed E-state index contributed by atoms with van der Waals surface area (Å²) in [4.78, 5) is 30.0. The van der Waals surface area contributed by atoms with Crippen molar-refractivity contribution in [1.29, 1.82) is 0 Å². The molecular formula is C68H126O4. The van der Waals surface area contributed by atoms with Gasteiger partial charge in [0.25, 0.3) is 0 Å². The molecule has 4 heteroatoms. The van der Waals surface area contributed by atoms with Crippen LogP contribution >= 0.6 is 0 Å². The zero-order valence-electron chi connectivity index (χ0n) is 49.7. The lowest BCUT2D eigenvalue weighted by Crippen LogP contribution is -2.37. The molecule has 1 aromatic rings. The van der Waals surface area contributed by atoms with Crippen molar-refractivity contribution < 1.29 is 19.1 Å². The largest absolute Gasteiger partial charge is 0.455 e.